The lowest BCUT2D eigenvalue weighted by molar-refractivity contribution is 0.0526. The summed E-state index contributed by atoms with van der Waals surface area (Å²) in [6.45, 7) is 4.04. The van der Waals surface area contributed by atoms with Gasteiger partial charge in [-0.1, -0.05) is 0 Å². The van der Waals surface area contributed by atoms with Gasteiger partial charge in [0.2, 0.25) is 0 Å². The first-order valence-corrected chi connectivity index (χ1v) is 4.42. The standard InChI is InChI=1S/C10H14N2O2/c1-3-14-10(13)8-4-7(2)5-9(6-8)12-11/h4-6,12H,3,11H2,1-2H3. The van der Waals surface area contributed by atoms with Gasteiger partial charge in [0.1, 0.15) is 0 Å². The van der Waals surface area contributed by atoms with Gasteiger partial charge in [-0.3, -0.25) is 5.84 Å². The first kappa shape index (κ1) is 10.5. The van der Waals surface area contributed by atoms with E-state index in [1.54, 1.807) is 19.1 Å². The maximum absolute atomic E-state index is 11.4. The van der Waals surface area contributed by atoms with Gasteiger partial charge in [-0.2, -0.15) is 0 Å². The molecule has 0 aliphatic rings. The Labute approximate surface area is 83.0 Å². The molecule has 0 atom stereocenters. The Morgan fingerprint density at radius 3 is 2.79 bits per heavy atom. The number of rotatable bonds is 3. The van der Waals surface area contributed by atoms with Gasteiger partial charge in [-0.05, 0) is 37.6 Å². The van der Waals surface area contributed by atoms with Gasteiger partial charge >= 0.3 is 5.97 Å². The number of hydrogen-bond donors (Lipinski definition) is 2. The average molecular weight is 194 g/mol. The van der Waals surface area contributed by atoms with Crippen molar-refractivity contribution in [2.45, 2.75) is 13.8 Å². The molecule has 0 aliphatic carbocycles. The Hall–Kier alpha value is -1.55. The summed E-state index contributed by atoms with van der Waals surface area (Å²) in [5.74, 6) is 4.93. The fraction of sp³-hybridized carbons (Fsp3) is 0.300. The molecule has 0 spiro atoms. The molecule has 1 aromatic rings. The zero-order valence-corrected chi connectivity index (χ0v) is 8.33. The van der Waals surface area contributed by atoms with E-state index < -0.39 is 0 Å². The summed E-state index contributed by atoms with van der Waals surface area (Å²) in [5, 5.41) is 0. The number of aryl methyl sites for hydroxylation is 1. The predicted molar refractivity (Wildman–Crippen MR) is 54.9 cm³/mol. The lowest BCUT2D eigenvalue weighted by Crippen LogP contribution is -2.10. The summed E-state index contributed by atoms with van der Waals surface area (Å²) in [4.78, 5) is 11.4. The zero-order valence-electron chi connectivity index (χ0n) is 8.33. The second-order valence-electron chi connectivity index (χ2n) is 2.95. The van der Waals surface area contributed by atoms with E-state index in [4.69, 9.17) is 10.6 Å². The molecular weight excluding hydrogens is 180 g/mol. The van der Waals surface area contributed by atoms with Crippen LogP contribution >= 0.6 is 0 Å². The fourth-order valence-corrected chi connectivity index (χ4v) is 1.20. The smallest absolute Gasteiger partial charge is 0.338 e. The van der Waals surface area contributed by atoms with Crippen molar-refractivity contribution in [1.29, 1.82) is 0 Å². The number of ether oxygens (including phenoxy) is 1. The minimum atomic E-state index is -0.326. The second kappa shape index (κ2) is 4.62. The quantitative estimate of drug-likeness (QED) is 0.434. The molecule has 1 rings (SSSR count). The number of nitrogen functional groups attached to an aromatic ring is 1. The number of esters is 1. The molecule has 4 nitrogen and oxygen atoms in total. The van der Waals surface area contributed by atoms with E-state index in [1.807, 2.05) is 13.0 Å². The van der Waals surface area contributed by atoms with Gasteiger partial charge in [-0.25, -0.2) is 4.79 Å². The average Bonchev–Trinajstić information content (AvgIpc) is 2.17. The van der Waals surface area contributed by atoms with Crippen LogP contribution in [0.2, 0.25) is 0 Å². The van der Waals surface area contributed by atoms with E-state index in [1.165, 1.54) is 0 Å². The number of benzene rings is 1. The molecule has 0 aromatic heterocycles. The predicted octanol–water partition coefficient (Wildman–Crippen LogP) is 1.46. The molecule has 4 heteroatoms. The Kier molecular flexibility index (Phi) is 3.48. The molecule has 0 aliphatic heterocycles. The molecule has 1 aromatic carbocycles. The van der Waals surface area contributed by atoms with E-state index in [0.29, 0.717) is 17.9 Å². The Bertz CT molecular complexity index is 337. The lowest BCUT2D eigenvalue weighted by Gasteiger charge is -2.06. The molecular formula is C10H14N2O2. The third-order valence-corrected chi connectivity index (χ3v) is 1.76. The van der Waals surface area contributed by atoms with E-state index in [0.717, 1.165) is 5.56 Å². The van der Waals surface area contributed by atoms with E-state index in [2.05, 4.69) is 5.43 Å². The summed E-state index contributed by atoms with van der Waals surface area (Å²) in [6.07, 6.45) is 0. The zero-order chi connectivity index (χ0) is 10.6. The monoisotopic (exact) mass is 194 g/mol. The molecule has 14 heavy (non-hydrogen) atoms. The molecule has 0 fully saturated rings. The van der Waals surface area contributed by atoms with Gasteiger partial charge in [0.05, 0.1) is 12.2 Å². The van der Waals surface area contributed by atoms with Gasteiger partial charge in [0.15, 0.2) is 0 Å². The van der Waals surface area contributed by atoms with Crippen LogP contribution in [0.25, 0.3) is 0 Å². The first-order chi connectivity index (χ1) is 6.67. The van der Waals surface area contributed by atoms with E-state index in [-0.39, 0.29) is 5.97 Å². The molecule has 0 amide bonds. The van der Waals surface area contributed by atoms with Gasteiger partial charge in [0, 0.05) is 5.69 Å². The molecule has 76 valence electrons. The molecule has 0 saturated carbocycles. The van der Waals surface area contributed by atoms with Crippen molar-refractivity contribution in [3.63, 3.8) is 0 Å². The Balaban J connectivity index is 2.96. The molecule has 0 heterocycles. The summed E-state index contributed by atoms with van der Waals surface area (Å²) in [7, 11) is 0. The highest BCUT2D eigenvalue weighted by Crippen LogP contribution is 2.14. The van der Waals surface area contributed by atoms with Gasteiger partial charge in [0.25, 0.3) is 0 Å². The van der Waals surface area contributed by atoms with Crippen molar-refractivity contribution >= 4 is 11.7 Å². The minimum absolute atomic E-state index is 0.326. The molecule has 0 unspecified atom stereocenters. The summed E-state index contributed by atoms with van der Waals surface area (Å²) < 4.78 is 4.87. The second-order valence-corrected chi connectivity index (χ2v) is 2.95. The maximum atomic E-state index is 11.4. The Morgan fingerprint density at radius 2 is 2.21 bits per heavy atom. The summed E-state index contributed by atoms with van der Waals surface area (Å²) in [5.41, 5.74) is 4.67. The molecule has 3 N–H and O–H groups in total. The van der Waals surface area contributed by atoms with Crippen LogP contribution in [0.5, 0.6) is 0 Å². The summed E-state index contributed by atoms with van der Waals surface area (Å²) in [6, 6.07) is 5.27. The molecule has 0 radical (unpaired) electrons. The van der Waals surface area contributed by atoms with Crippen molar-refractivity contribution in [3.05, 3.63) is 29.3 Å². The minimum Gasteiger partial charge on any atom is -0.462 e. The van der Waals surface area contributed by atoms with Crippen molar-refractivity contribution in [1.82, 2.24) is 0 Å². The highest BCUT2D eigenvalue weighted by molar-refractivity contribution is 5.90. The number of anilines is 1. The highest BCUT2D eigenvalue weighted by Gasteiger charge is 2.07. The van der Waals surface area contributed by atoms with Crippen molar-refractivity contribution in [2.24, 2.45) is 5.84 Å². The van der Waals surface area contributed by atoms with Crippen LogP contribution in [-0.4, -0.2) is 12.6 Å². The molecule has 0 bridgehead atoms. The number of carbonyl (C=O) groups is 1. The van der Waals surface area contributed by atoms with Crippen LogP contribution in [0.15, 0.2) is 18.2 Å². The fourth-order valence-electron chi connectivity index (χ4n) is 1.20. The summed E-state index contributed by atoms with van der Waals surface area (Å²) >= 11 is 0. The van der Waals surface area contributed by atoms with Crippen molar-refractivity contribution in [2.75, 3.05) is 12.0 Å². The number of hydrogen-bond acceptors (Lipinski definition) is 4. The van der Waals surface area contributed by atoms with Crippen LogP contribution in [0, 0.1) is 6.92 Å². The first-order valence-electron chi connectivity index (χ1n) is 4.42. The van der Waals surface area contributed by atoms with Gasteiger partial charge in [-0.15, -0.1) is 0 Å². The van der Waals surface area contributed by atoms with Crippen LogP contribution in [-0.2, 0) is 4.74 Å². The Morgan fingerprint density at radius 1 is 1.50 bits per heavy atom. The maximum Gasteiger partial charge on any atom is 0.338 e. The van der Waals surface area contributed by atoms with Crippen molar-refractivity contribution in [3.8, 4) is 0 Å². The third kappa shape index (κ3) is 2.47. The third-order valence-electron chi connectivity index (χ3n) is 1.76. The van der Waals surface area contributed by atoms with Crippen molar-refractivity contribution < 1.29 is 9.53 Å². The van der Waals surface area contributed by atoms with E-state index in [9.17, 15) is 4.79 Å². The van der Waals surface area contributed by atoms with Crippen LogP contribution in [0.3, 0.4) is 0 Å². The van der Waals surface area contributed by atoms with Crippen LogP contribution in [0.4, 0.5) is 5.69 Å². The number of nitrogens with one attached hydrogen (secondary N) is 1. The topological polar surface area (TPSA) is 64.3 Å². The van der Waals surface area contributed by atoms with Crippen LogP contribution in [0.1, 0.15) is 22.8 Å². The number of carbonyl (C=O) groups excluding carboxylic acids is 1. The number of hydrazine groups is 1. The normalized spacial score (nSPS) is 9.64. The SMILES string of the molecule is CCOC(=O)c1cc(C)cc(NN)c1. The van der Waals surface area contributed by atoms with Gasteiger partial charge < -0.3 is 10.2 Å². The van der Waals surface area contributed by atoms with Crippen LogP contribution < -0.4 is 11.3 Å². The lowest BCUT2D eigenvalue weighted by atomic mass is 10.1. The largest absolute Gasteiger partial charge is 0.462 e. The highest BCUT2D eigenvalue weighted by atomic mass is 16.5. The number of nitrogens with two attached hydrogens (primary N) is 1. The molecule has 0 saturated heterocycles. The van der Waals surface area contributed by atoms with E-state index >= 15 is 0 Å².